The molecule has 4 fully saturated rings. The SMILES string of the molecule is C.CC.CO.COC(=O)C12CC[C@@H](C)C(C)C1C1=CCC3C4(C)CCC(OC(=O)CCCCC=O)C(C)C4CCC3(C)[C@]1(C)CC2. The van der Waals surface area contributed by atoms with Crippen molar-refractivity contribution in [3.05, 3.63) is 11.6 Å². The second kappa shape index (κ2) is 16.1. The van der Waals surface area contributed by atoms with E-state index in [-0.39, 0.29) is 53.0 Å². The second-order valence-electron chi connectivity index (χ2n) is 15.7. The molecule has 0 aromatic rings. The molecule has 9 unspecified atom stereocenters. The number of carbonyl (C=O) groups excluding carboxylic acids is 3. The Kier molecular flexibility index (Phi) is 14.2. The molecule has 1 N–H and O–H groups in total. The van der Waals surface area contributed by atoms with Crippen molar-refractivity contribution in [2.45, 2.75) is 152 Å². The molecule has 5 aliphatic carbocycles. The Hall–Kier alpha value is -1.69. The van der Waals surface area contributed by atoms with Crippen LogP contribution in [-0.4, -0.2) is 43.7 Å². The number of esters is 2. The first kappa shape index (κ1) is 40.5. The molecule has 46 heavy (non-hydrogen) atoms. The van der Waals surface area contributed by atoms with Gasteiger partial charge in [-0.2, -0.15) is 0 Å². The van der Waals surface area contributed by atoms with E-state index in [1.54, 1.807) is 12.7 Å². The molecular weight excluding hydrogens is 576 g/mol. The van der Waals surface area contributed by atoms with Gasteiger partial charge >= 0.3 is 11.9 Å². The minimum Gasteiger partial charge on any atom is -0.469 e. The average molecular weight is 647 g/mol. The topological polar surface area (TPSA) is 89.9 Å². The van der Waals surface area contributed by atoms with Crippen LogP contribution < -0.4 is 0 Å². The monoisotopic (exact) mass is 647 g/mol. The van der Waals surface area contributed by atoms with Crippen molar-refractivity contribution in [2.24, 2.45) is 57.2 Å². The molecule has 5 aliphatic rings. The summed E-state index contributed by atoms with van der Waals surface area (Å²) >= 11 is 0. The van der Waals surface area contributed by atoms with Crippen LogP contribution in [0.3, 0.4) is 0 Å². The van der Waals surface area contributed by atoms with Gasteiger partial charge < -0.3 is 19.4 Å². The van der Waals surface area contributed by atoms with Crippen molar-refractivity contribution in [2.75, 3.05) is 14.2 Å². The zero-order valence-corrected chi connectivity index (χ0v) is 30.4. The highest BCUT2D eigenvalue weighted by atomic mass is 16.5. The molecule has 0 aromatic carbocycles. The van der Waals surface area contributed by atoms with E-state index in [1.807, 2.05) is 13.8 Å². The molecule has 5 rings (SSSR count). The predicted molar refractivity (Wildman–Crippen MR) is 187 cm³/mol. The van der Waals surface area contributed by atoms with Gasteiger partial charge in [-0.25, -0.2) is 0 Å². The number of aldehydes is 1. The maximum atomic E-state index is 13.5. The normalized spacial score (nSPS) is 42.2. The molecule has 0 saturated heterocycles. The van der Waals surface area contributed by atoms with Gasteiger partial charge in [0.1, 0.15) is 12.4 Å². The highest BCUT2D eigenvalue weighted by Crippen LogP contribution is 2.75. The first-order valence-electron chi connectivity index (χ1n) is 18.3. The summed E-state index contributed by atoms with van der Waals surface area (Å²) in [7, 11) is 2.59. The van der Waals surface area contributed by atoms with Crippen molar-refractivity contribution in [1.29, 1.82) is 0 Å². The molecule has 0 bridgehead atoms. The number of hydrogen-bond acceptors (Lipinski definition) is 6. The van der Waals surface area contributed by atoms with Crippen LogP contribution >= 0.6 is 0 Å². The van der Waals surface area contributed by atoms with Crippen LogP contribution in [0.5, 0.6) is 0 Å². The molecule has 0 amide bonds. The molecule has 0 aromatic heterocycles. The van der Waals surface area contributed by atoms with Crippen molar-refractivity contribution in [3.8, 4) is 0 Å². The first-order chi connectivity index (χ1) is 21.4. The van der Waals surface area contributed by atoms with E-state index in [0.29, 0.717) is 42.4 Å². The quantitative estimate of drug-likeness (QED) is 0.128. The number of rotatable bonds is 7. The lowest BCUT2D eigenvalue weighted by Crippen LogP contribution is -2.64. The fourth-order valence-corrected chi connectivity index (χ4v) is 11.5. The third-order valence-electron chi connectivity index (χ3n) is 14.3. The van der Waals surface area contributed by atoms with E-state index in [1.165, 1.54) is 12.8 Å². The lowest BCUT2D eigenvalue weighted by atomic mass is 9.34. The summed E-state index contributed by atoms with van der Waals surface area (Å²) < 4.78 is 11.6. The molecule has 0 aliphatic heterocycles. The summed E-state index contributed by atoms with van der Waals surface area (Å²) in [6.07, 6.45) is 15.6. The lowest BCUT2D eigenvalue weighted by molar-refractivity contribution is -0.196. The van der Waals surface area contributed by atoms with Crippen LogP contribution in [0.4, 0.5) is 0 Å². The number of allylic oxidation sites excluding steroid dienone is 2. The molecule has 266 valence electrons. The van der Waals surface area contributed by atoms with Gasteiger partial charge in [0.25, 0.3) is 0 Å². The largest absolute Gasteiger partial charge is 0.469 e. The molecule has 4 saturated carbocycles. The van der Waals surface area contributed by atoms with Crippen LogP contribution in [0.25, 0.3) is 0 Å². The number of aliphatic hydroxyl groups excluding tert-OH is 1. The van der Waals surface area contributed by atoms with Crippen molar-refractivity contribution >= 4 is 18.2 Å². The fraction of sp³-hybridized carbons (Fsp3) is 0.875. The molecule has 11 atom stereocenters. The van der Waals surface area contributed by atoms with Gasteiger partial charge in [-0.05, 0) is 122 Å². The van der Waals surface area contributed by atoms with Crippen LogP contribution in [0.2, 0.25) is 0 Å². The number of carbonyl (C=O) groups is 3. The van der Waals surface area contributed by atoms with E-state index in [2.05, 4.69) is 47.6 Å². The Morgan fingerprint density at radius 2 is 1.61 bits per heavy atom. The average Bonchev–Trinajstić information content (AvgIpc) is 3.04. The van der Waals surface area contributed by atoms with Crippen molar-refractivity contribution < 1.29 is 29.0 Å². The lowest BCUT2D eigenvalue weighted by Gasteiger charge is -2.70. The van der Waals surface area contributed by atoms with Gasteiger partial charge in [-0.3, -0.25) is 9.59 Å². The van der Waals surface area contributed by atoms with Gasteiger partial charge in [-0.15, -0.1) is 0 Å². The summed E-state index contributed by atoms with van der Waals surface area (Å²) in [4.78, 5) is 36.7. The second-order valence-corrected chi connectivity index (χ2v) is 15.7. The number of fused-ring (bicyclic) bond motifs is 7. The van der Waals surface area contributed by atoms with Crippen LogP contribution in [0, 0.1) is 57.2 Å². The Morgan fingerprint density at radius 3 is 2.24 bits per heavy atom. The minimum absolute atomic E-state index is 0. The summed E-state index contributed by atoms with van der Waals surface area (Å²) in [6.45, 7) is 18.8. The standard InChI is InChI=1S/C36H56O5.C2H6.CH4O.CH4/c1-23-14-19-36(32(39)40-7)21-20-34(5)27(31(36)24(23)2)12-13-29-33(4)17-16-28(41-30(38)11-9-8-10-22-37)25(3)26(33)15-18-35(29,34)6;2*1-2;/h12,22-26,28-29,31H,8-11,13-21H2,1-7H3;1-2H3;2H,1H3;1H4/t23-,24?,25?,26?,28?,29?,31?,33?,34-,35?,36?;;;/m1.../s1. The summed E-state index contributed by atoms with van der Waals surface area (Å²) in [5.74, 6) is 2.79. The zero-order chi connectivity index (χ0) is 33.8. The van der Waals surface area contributed by atoms with Gasteiger partial charge in [0, 0.05) is 20.0 Å². The highest BCUT2D eigenvalue weighted by molar-refractivity contribution is 5.78. The number of hydrogen-bond donors (Lipinski definition) is 1. The molecule has 0 heterocycles. The summed E-state index contributed by atoms with van der Waals surface area (Å²) in [5, 5.41) is 7.00. The number of ether oxygens (including phenoxy) is 2. The van der Waals surface area contributed by atoms with Gasteiger partial charge in [0.05, 0.1) is 12.5 Å². The van der Waals surface area contributed by atoms with Gasteiger partial charge in [-0.1, -0.05) is 74.5 Å². The van der Waals surface area contributed by atoms with Crippen LogP contribution in [0.1, 0.15) is 146 Å². The third-order valence-corrected chi connectivity index (χ3v) is 14.3. The first-order valence-corrected chi connectivity index (χ1v) is 18.3. The molecule has 6 heteroatoms. The van der Waals surface area contributed by atoms with Gasteiger partial charge in [0.15, 0.2) is 0 Å². The smallest absolute Gasteiger partial charge is 0.312 e. The molecule has 6 nitrogen and oxygen atoms in total. The van der Waals surface area contributed by atoms with E-state index >= 15 is 0 Å². The molecule has 0 radical (unpaired) electrons. The Balaban J connectivity index is 0.00000142. The zero-order valence-electron chi connectivity index (χ0n) is 30.4. The van der Waals surface area contributed by atoms with E-state index in [0.717, 1.165) is 71.2 Å². The fourth-order valence-electron chi connectivity index (χ4n) is 11.5. The summed E-state index contributed by atoms with van der Waals surface area (Å²) in [5.41, 5.74) is 1.71. The Bertz CT molecular complexity index is 1070. The molecule has 0 spiro atoms. The number of unbranched alkanes of at least 4 members (excludes halogenated alkanes) is 2. The van der Waals surface area contributed by atoms with Crippen molar-refractivity contribution in [3.63, 3.8) is 0 Å². The molecular formula is C40H70O6. The predicted octanol–water partition coefficient (Wildman–Crippen LogP) is 9.37. The van der Waals surface area contributed by atoms with Crippen LogP contribution in [-0.2, 0) is 23.9 Å². The minimum atomic E-state index is -0.361. The number of aliphatic hydroxyl groups is 1. The highest BCUT2D eigenvalue weighted by Gasteiger charge is 2.68. The maximum Gasteiger partial charge on any atom is 0.312 e. The van der Waals surface area contributed by atoms with E-state index < -0.39 is 0 Å². The third kappa shape index (κ3) is 6.51. The Morgan fingerprint density at radius 1 is 0.935 bits per heavy atom. The Labute approximate surface area is 282 Å². The van der Waals surface area contributed by atoms with Crippen LogP contribution in [0.15, 0.2) is 11.6 Å². The van der Waals surface area contributed by atoms with Gasteiger partial charge in [0.2, 0.25) is 0 Å². The maximum absolute atomic E-state index is 13.5. The number of methoxy groups -OCH3 is 1. The van der Waals surface area contributed by atoms with Crippen molar-refractivity contribution in [1.82, 2.24) is 0 Å². The van der Waals surface area contributed by atoms with E-state index in [9.17, 15) is 14.4 Å². The summed E-state index contributed by atoms with van der Waals surface area (Å²) in [6, 6.07) is 0. The van der Waals surface area contributed by atoms with E-state index in [4.69, 9.17) is 14.6 Å².